The Kier molecular flexibility index (Phi) is 14.7. The Balaban J connectivity index is 4.07. The van der Waals surface area contributed by atoms with Crippen molar-refractivity contribution in [2.75, 3.05) is 21.3 Å². The summed E-state index contributed by atoms with van der Waals surface area (Å²) < 4.78 is 23.6. The highest BCUT2D eigenvalue weighted by Crippen LogP contribution is 2.28. The van der Waals surface area contributed by atoms with Gasteiger partial charge in [0.2, 0.25) is 0 Å². The van der Waals surface area contributed by atoms with Crippen molar-refractivity contribution < 1.29 is 17.4 Å². The molecule has 0 heterocycles. The molecule has 0 radical (unpaired) electrons. The second-order valence-corrected chi connectivity index (χ2v) is 21.4. The zero-order valence-corrected chi connectivity index (χ0v) is 22.6. The smallest absolute Gasteiger partial charge is 0.455 e. The van der Waals surface area contributed by atoms with Crippen LogP contribution in [0.1, 0.15) is 71.1 Å². The molecular formula is C20H48O4Si3. The highest BCUT2D eigenvalue weighted by Gasteiger charge is 2.47. The first-order valence-corrected chi connectivity index (χ1v) is 19.2. The summed E-state index contributed by atoms with van der Waals surface area (Å²) in [5, 5.41) is 0. The van der Waals surface area contributed by atoms with Crippen LogP contribution in [0.25, 0.3) is 0 Å². The number of rotatable bonds is 18. The normalized spacial score (nSPS) is 13.3. The molecule has 0 unspecified atom stereocenters. The first-order chi connectivity index (χ1) is 12.7. The lowest BCUT2D eigenvalue weighted by Gasteiger charge is -2.37. The largest absolute Gasteiger partial charge is 0.499 e. The molecule has 0 aliphatic heterocycles. The first kappa shape index (κ1) is 27.5. The highest BCUT2D eigenvalue weighted by molar-refractivity contribution is 6.91. The Morgan fingerprint density at radius 2 is 0.963 bits per heavy atom. The Bertz CT molecular complexity index is 353. The van der Waals surface area contributed by atoms with Gasteiger partial charge in [-0.05, 0) is 32.2 Å². The standard InChI is InChI=1S/C20H48O4Si3/c1-9-10-11-12-13-14-15-16-17-18-19-25(5,6)24-26(7,8)20-27(21-2,22-3)23-4/h9-20H2,1-8H3. The van der Waals surface area contributed by atoms with Crippen LogP contribution in [0.2, 0.25) is 37.9 Å². The van der Waals surface area contributed by atoms with Gasteiger partial charge in [0.1, 0.15) is 0 Å². The molecule has 0 saturated heterocycles. The van der Waals surface area contributed by atoms with Crippen molar-refractivity contribution in [1.29, 1.82) is 0 Å². The average Bonchev–Trinajstić information content (AvgIpc) is 2.60. The van der Waals surface area contributed by atoms with Crippen LogP contribution in [0.15, 0.2) is 0 Å². The summed E-state index contributed by atoms with van der Waals surface area (Å²) in [5.41, 5.74) is 0.817. The molecular weight excluding hydrogens is 388 g/mol. The van der Waals surface area contributed by atoms with Gasteiger partial charge in [0.25, 0.3) is 0 Å². The molecule has 0 amide bonds. The van der Waals surface area contributed by atoms with Gasteiger partial charge in [-0.25, -0.2) is 0 Å². The van der Waals surface area contributed by atoms with E-state index in [1.807, 2.05) is 0 Å². The summed E-state index contributed by atoms with van der Waals surface area (Å²) in [6.45, 7) is 11.6. The zero-order chi connectivity index (χ0) is 20.8. The lowest BCUT2D eigenvalue weighted by Crippen LogP contribution is -2.54. The van der Waals surface area contributed by atoms with Crippen LogP contribution in [0.3, 0.4) is 0 Å². The van der Waals surface area contributed by atoms with Gasteiger partial charge in [-0.1, -0.05) is 71.1 Å². The summed E-state index contributed by atoms with van der Waals surface area (Å²) >= 11 is 0. The minimum absolute atomic E-state index is 0.817. The molecule has 0 aliphatic rings. The Hall–Kier alpha value is 0.491. The second kappa shape index (κ2) is 14.5. The molecule has 0 bridgehead atoms. The lowest BCUT2D eigenvalue weighted by atomic mass is 10.1. The monoisotopic (exact) mass is 436 g/mol. The third-order valence-corrected chi connectivity index (χ3v) is 18.2. The fourth-order valence-corrected chi connectivity index (χ4v) is 18.7. The molecule has 0 aromatic rings. The molecule has 0 aliphatic carbocycles. The van der Waals surface area contributed by atoms with Crippen molar-refractivity contribution in [3.05, 3.63) is 0 Å². The van der Waals surface area contributed by atoms with Crippen molar-refractivity contribution in [3.8, 4) is 0 Å². The minimum Gasteiger partial charge on any atom is -0.455 e. The van der Waals surface area contributed by atoms with Crippen molar-refractivity contribution in [2.24, 2.45) is 0 Å². The minimum atomic E-state index is -2.56. The summed E-state index contributed by atoms with van der Waals surface area (Å²) in [7, 11) is -1.02. The molecule has 0 aromatic carbocycles. The number of hydrogen-bond acceptors (Lipinski definition) is 4. The molecule has 27 heavy (non-hydrogen) atoms. The summed E-state index contributed by atoms with van der Waals surface area (Å²) in [5.74, 6) is 0. The van der Waals surface area contributed by atoms with Crippen LogP contribution in [0.5, 0.6) is 0 Å². The van der Waals surface area contributed by atoms with Crippen LogP contribution >= 0.6 is 0 Å². The SMILES string of the molecule is CCCCCCCCCCCC[Si](C)(C)O[Si](C)(C)C[Si](OC)(OC)OC. The van der Waals surface area contributed by atoms with E-state index in [2.05, 4.69) is 33.1 Å². The first-order valence-electron chi connectivity index (χ1n) is 11.0. The topological polar surface area (TPSA) is 36.9 Å². The predicted molar refractivity (Wildman–Crippen MR) is 124 cm³/mol. The van der Waals surface area contributed by atoms with Gasteiger partial charge < -0.3 is 17.4 Å². The van der Waals surface area contributed by atoms with Gasteiger partial charge >= 0.3 is 8.80 Å². The molecule has 0 spiro atoms. The van der Waals surface area contributed by atoms with Gasteiger partial charge in [0.15, 0.2) is 16.6 Å². The van der Waals surface area contributed by atoms with E-state index >= 15 is 0 Å². The molecule has 4 nitrogen and oxygen atoms in total. The van der Waals surface area contributed by atoms with E-state index in [1.165, 1.54) is 70.3 Å². The highest BCUT2D eigenvalue weighted by atomic mass is 28.5. The maximum atomic E-state index is 6.74. The van der Waals surface area contributed by atoms with Crippen LogP contribution in [-0.2, 0) is 17.4 Å². The fourth-order valence-electron chi connectivity index (χ4n) is 3.86. The predicted octanol–water partition coefficient (Wildman–Crippen LogP) is 6.75. The van der Waals surface area contributed by atoms with Crippen molar-refractivity contribution in [1.82, 2.24) is 0 Å². The van der Waals surface area contributed by atoms with Gasteiger partial charge in [0, 0.05) is 27.0 Å². The Morgan fingerprint density at radius 3 is 1.37 bits per heavy atom. The molecule has 0 atom stereocenters. The van der Waals surface area contributed by atoms with E-state index in [-0.39, 0.29) is 0 Å². The summed E-state index contributed by atoms with van der Waals surface area (Å²) in [4.78, 5) is 0. The van der Waals surface area contributed by atoms with E-state index in [9.17, 15) is 0 Å². The van der Waals surface area contributed by atoms with Crippen molar-refractivity contribution in [2.45, 2.75) is 109 Å². The molecule has 0 saturated carbocycles. The molecule has 0 N–H and O–H groups in total. The lowest BCUT2D eigenvalue weighted by molar-refractivity contribution is 0.127. The number of hydrogen-bond donors (Lipinski definition) is 0. The number of unbranched alkanes of at least 4 members (excludes halogenated alkanes) is 9. The second-order valence-electron chi connectivity index (χ2n) is 9.03. The molecule has 164 valence electrons. The Morgan fingerprint density at radius 1 is 0.556 bits per heavy atom. The van der Waals surface area contributed by atoms with E-state index in [0.29, 0.717) is 0 Å². The van der Waals surface area contributed by atoms with E-state index in [0.717, 1.165) is 5.67 Å². The summed E-state index contributed by atoms with van der Waals surface area (Å²) in [6.07, 6.45) is 13.9. The molecule has 0 fully saturated rings. The maximum absolute atomic E-state index is 6.74. The third kappa shape index (κ3) is 13.4. The average molecular weight is 437 g/mol. The molecule has 0 aromatic heterocycles. The van der Waals surface area contributed by atoms with E-state index < -0.39 is 25.4 Å². The van der Waals surface area contributed by atoms with Crippen LogP contribution < -0.4 is 0 Å². The van der Waals surface area contributed by atoms with Crippen LogP contribution in [-0.4, -0.2) is 46.8 Å². The van der Waals surface area contributed by atoms with Gasteiger partial charge in [-0.15, -0.1) is 0 Å². The fraction of sp³-hybridized carbons (Fsp3) is 1.00. The maximum Gasteiger partial charge on any atom is 0.499 e. The van der Waals surface area contributed by atoms with E-state index in [4.69, 9.17) is 17.4 Å². The molecule has 7 heteroatoms. The third-order valence-electron chi connectivity index (χ3n) is 5.26. The Labute approximate surface area is 173 Å². The zero-order valence-electron chi connectivity index (χ0n) is 19.6. The molecule has 0 rings (SSSR count). The van der Waals surface area contributed by atoms with Gasteiger partial charge in [0.05, 0.1) is 0 Å². The van der Waals surface area contributed by atoms with Crippen LogP contribution in [0, 0.1) is 0 Å². The van der Waals surface area contributed by atoms with E-state index in [1.54, 1.807) is 21.3 Å². The summed E-state index contributed by atoms with van der Waals surface area (Å²) in [6, 6.07) is 1.25. The van der Waals surface area contributed by atoms with Crippen LogP contribution in [0.4, 0.5) is 0 Å². The van der Waals surface area contributed by atoms with Gasteiger partial charge in [-0.2, -0.15) is 0 Å². The van der Waals surface area contributed by atoms with Crippen molar-refractivity contribution in [3.63, 3.8) is 0 Å². The van der Waals surface area contributed by atoms with Crippen molar-refractivity contribution >= 4 is 25.4 Å². The quantitative estimate of drug-likeness (QED) is 0.176. The van der Waals surface area contributed by atoms with Gasteiger partial charge in [-0.3, -0.25) is 0 Å².